The summed E-state index contributed by atoms with van der Waals surface area (Å²) in [6.45, 7) is 2.83. The van der Waals surface area contributed by atoms with E-state index in [1.807, 2.05) is 60.7 Å². The Kier molecular flexibility index (Phi) is 12.5. The average Bonchev–Trinajstić information content (AvgIpc) is 3.10. The third-order valence-corrected chi connectivity index (χ3v) is 9.60. The second-order valence-corrected chi connectivity index (χ2v) is 13.8. The summed E-state index contributed by atoms with van der Waals surface area (Å²) in [5.74, 6) is 0.730. The quantitative estimate of drug-likeness (QED) is 0.116. The molecule has 1 fully saturated rings. The minimum atomic E-state index is -3.76. The van der Waals surface area contributed by atoms with Crippen molar-refractivity contribution < 1.29 is 32.5 Å². The summed E-state index contributed by atoms with van der Waals surface area (Å²) in [6, 6.07) is 31.6. The molecule has 1 aliphatic rings. The fourth-order valence-corrected chi connectivity index (χ4v) is 7.03. The zero-order chi connectivity index (χ0) is 33.8. The maximum Gasteiger partial charge on any atom is 0.338 e. The van der Waals surface area contributed by atoms with Gasteiger partial charge < -0.3 is 24.6 Å². The van der Waals surface area contributed by atoms with E-state index in [-0.39, 0.29) is 30.6 Å². The van der Waals surface area contributed by atoms with Gasteiger partial charge in [0.25, 0.3) is 0 Å². The molecule has 5 rings (SSSR count). The predicted molar refractivity (Wildman–Crippen MR) is 187 cm³/mol. The number of anilines is 1. The summed E-state index contributed by atoms with van der Waals surface area (Å²) in [6.07, 6.45) is 3.24. The molecule has 0 amide bonds. The van der Waals surface area contributed by atoms with Gasteiger partial charge in [-0.2, -0.15) is 0 Å². The van der Waals surface area contributed by atoms with Crippen molar-refractivity contribution in [1.82, 2.24) is 5.32 Å². The number of ether oxygens (including phenoxy) is 3. The first-order chi connectivity index (χ1) is 23.3. The van der Waals surface area contributed by atoms with Crippen molar-refractivity contribution in [2.24, 2.45) is 0 Å². The lowest BCUT2D eigenvalue weighted by Crippen LogP contribution is -2.39. The molecule has 4 aromatic rings. The van der Waals surface area contributed by atoms with Crippen LogP contribution in [-0.4, -0.2) is 51.4 Å². The van der Waals surface area contributed by atoms with E-state index in [4.69, 9.17) is 14.2 Å². The van der Waals surface area contributed by atoms with Crippen LogP contribution in [-0.2, 0) is 27.1 Å². The molecule has 1 atom stereocenters. The zero-order valence-corrected chi connectivity index (χ0v) is 28.0. The Hall–Kier alpha value is -4.38. The molecule has 0 bridgehead atoms. The highest BCUT2D eigenvalue weighted by Gasteiger charge is 2.23. The minimum absolute atomic E-state index is 0.0373. The second-order valence-electron chi connectivity index (χ2n) is 12.0. The summed E-state index contributed by atoms with van der Waals surface area (Å²) < 4.78 is 45.8. The number of rotatable bonds is 16. The maximum absolute atomic E-state index is 13.1. The third-order valence-electron chi connectivity index (χ3n) is 8.36. The zero-order valence-electron chi connectivity index (χ0n) is 27.2. The SMILES string of the molecule is CCOC(=O)c1ccc(C2CCC(NC[C@H](O)COc3ccc(OCc4ccccc4)c(NS(=O)(=O)Cc4ccccc4)c3)CC2)cc1. The van der Waals surface area contributed by atoms with Gasteiger partial charge in [-0.1, -0.05) is 72.8 Å². The fourth-order valence-electron chi connectivity index (χ4n) is 5.83. The molecule has 3 N–H and O–H groups in total. The number of carbonyl (C=O) groups is 1. The van der Waals surface area contributed by atoms with Crippen molar-refractivity contribution in [3.05, 3.63) is 125 Å². The van der Waals surface area contributed by atoms with Crippen molar-refractivity contribution in [1.29, 1.82) is 0 Å². The second kappa shape index (κ2) is 17.1. The molecule has 0 saturated heterocycles. The van der Waals surface area contributed by atoms with E-state index in [1.165, 1.54) is 5.56 Å². The molecule has 254 valence electrons. The highest BCUT2D eigenvalue weighted by molar-refractivity contribution is 7.91. The molecule has 0 aliphatic heterocycles. The van der Waals surface area contributed by atoms with Gasteiger partial charge in [0, 0.05) is 18.7 Å². The van der Waals surface area contributed by atoms with Crippen molar-refractivity contribution in [2.45, 2.75) is 63.0 Å². The number of aliphatic hydroxyl groups excluding tert-OH is 1. The first kappa shape index (κ1) is 34.9. The van der Waals surface area contributed by atoms with E-state index in [0.717, 1.165) is 31.2 Å². The summed E-state index contributed by atoms with van der Waals surface area (Å²) in [7, 11) is -3.76. The van der Waals surface area contributed by atoms with Crippen LogP contribution in [0.1, 0.15) is 65.6 Å². The lowest BCUT2D eigenvalue weighted by atomic mass is 9.81. The molecule has 0 radical (unpaired) electrons. The molecule has 0 unspecified atom stereocenters. The van der Waals surface area contributed by atoms with Crippen LogP contribution >= 0.6 is 0 Å². The van der Waals surface area contributed by atoms with Gasteiger partial charge in [0.1, 0.15) is 30.8 Å². The molecule has 4 aromatic carbocycles. The molecule has 9 nitrogen and oxygen atoms in total. The Morgan fingerprint density at radius 3 is 2.19 bits per heavy atom. The van der Waals surface area contributed by atoms with Gasteiger partial charge in [0.2, 0.25) is 10.0 Å². The summed E-state index contributed by atoms with van der Waals surface area (Å²) in [4.78, 5) is 11.9. The number of hydrogen-bond acceptors (Lipinski definition) is 8. The Bertz CT molecular complexity index is 1690. The summed E-state index contributed by atoms with van der Waals surface area (Å²) in [5, 5.41) is 14.2. The highest BCUT2D eigenvalue weighted by atomic mass is 32.2. The summed E-state index contributed by atoms with van der Waals surface area (Å²) >= 11 is 0. The molecule has 10 heteroatoms. The largest absolute Gasteiger partial charge is 0.491 e. The van der Waals surface area contributed by atoms with Crippen molar-refractivity contribution in [2.75, 3.05) is 24.5 Å². The Labute approximate surface area is 283 Å². The normalized spacial score (nSPS) is 16.9. The van der Waals surface area contributed by atoms with Gasteiger partial charge in [-0.05, 0) is 79.5 Å². The fraction of sp³-hybridized carbons (Fsp3) is 0.342. The van der Waals surface area contributed by atoms with Gasteiger partial charge in [-0.15, -0.1) is 0 Å². The van der Waals surface area contributed by atoms with E-state index < -0.39 is 16.1 Å². The van der Waals surface area contributed by atoms with Crippen LogP contribution in [0.2, 0.25) is 0 Å². The number of carbonyl (C=O) groups excluding carboxylic acids is 1. The molecule has 48 heavy (non-hydrogen) atoms. The van der Waals surface area contributed by atoms with Crippen LogP contribution in [0.3, 0.4) is 0 Å². The van der Waals surface area contributed by atoms with Crippen LogP contribution < -0.4 is 19.5 Å². The van der Waals surface area contributed by atoms with Crippen LogP contribution in [0.5, 0.6) is 11.5 Å². The van der Waals surface area contributed by atoms with Gasteiger partial charge in [0.15, 0.2) is 0 Å². The lowest BCUT2D eigenvalue weighted by Gasteiger charge is -2.30. The molecular formula is C38H44N2O7S. The summed E-state index contributed by atoms with van der Waals surface area (Å²) in [5.41, 5.74) is 3.68. The predicted octanol–water partition coefficient (Wildman–Crippen LogP) is 6.44. The van der Waals surface area contributed by atoms with Crippen molar-refractivity contribution in [3.63, 3.8) is 0 Å². The lowest BCUT2D eigenvalue weighted by molar-refractivity contribution is 0.0526. The topological polar surface area (TPSA) is 123 Å². The Morgan fingerprint density at radius 1 is 0.854 bits per heavy atom. The van der Waals surface area contributed by atoms with Gasteiger partial charge >= 0.3 is 5.97 Å². The molecule has 0 aromatic heterocycles. The maximum atomic E-state index is 13.1. The molecule has 0 heterocycles. The van der Waals surface area contributed by atoms with Gasteiger partial charge in [-0.3, -0.25) is 4.72 Å². The molecule has 0 spiro atoms. The molecular weight excluding hydrogens is 628 g/mol. The van der Waals surface area contributed by atoms with Crippen LogP contribution in [0.4, 0.5) is 5.69 Å². The number of benzene rings is 4. The van der Waals surface area contributed by atoms with Crippen LogP contribution in [0, 0.1) is 0 Å². The van der Waals surface area contributed by atoms with E-state index in [9.17, 15) is 18.3 Å². The number of hydrogen-bond donors (Lipinski definition) is 3. The van der Waals surface area contributed by atoms with Crippen LogP contribution in [0.15, 0.2) is 103 Å². The van der Waals surface area contributed by atoms with E-state index in [2.05, 4.69) is 10.0 Å². The van der Waals surface area contributed by atoms with Crippen molar-refractivity contribution in [3.8, 4) is 11.5 Å². The number of aliphatic hydroxyl groups is 1. The number of nitrogens with one attached hydrogen (secondary N) is 2. The minimum Gasteiger partial charge on any atom is -0.491 e. The number of sulfonamides is 1. The molecule has 1 saturated carbocycles. The van der Waals surface area contributed by atoms with E-state index in [0.29, 0.717) is 47.7 Å². The standard InChI is InChI=1S/C38H44N2O7S/c1-2-45-38(42)32-15-13-30(14-16-32)31-17-19-33(20-18-31)39-24-34(41)26-46-35-21-22-37(47-25-28-9-5-3-6-10-28)36(23-35)40-48(43,44)27-29-11-7-4-8-12-29/h3-16,21-23,31,33-34,39-41H,2,17-20,24-27H2,1H3/t31?,33?,34-/m0/s1. The average molecular weight is 673 g/mol. The van der Waals surface area contributed by atoms with Gasteiger partial charge in [0.05, 0.1) is 23.6 Å². The Morgan fingerprint density at radius 2 is 1.52 bits per heavy atom. The number of esters is 1. The first-order valence-corrected chi connectivity index (χ1v) is 18.1. The Balaban J connectivity index is 1.12. The van der Waals surface area contributed by atoms with E-state index >= 15 is 0 Å². The van der Waals surface area contributed by atoms with E-state index in [1.54, 1.807) is 49.4 Å². The monoisotopic (exact) mass is 672 g/mol. The molecule has 1 aliphatic carbocycles. The van der Waals surface area contributed by atoms with Crippen molar-refractivity contribution >= 4 is 21.7 Å². The first-order valence-electron chi connectivity index (χ1n) is 16.4. The van der Waals surface area contributed by atoms with Gasteiger partial charge in [-0.25, -0.2) is 13.2 Å². The van der Waals surface area contributed by atoms with Crippen LogP contribution in [0.25, 0.3) is 0 Å². The smallest absolute Gasteiger partial charge is 0.338 e. The third kappa shape index (κ3) is 10.6. The highest BCUT2D eigenvalue weighted by Crippen LogP contribution is 2.34.